The monoisotopic (exact) mass is 326 g/mol. The number of carbonyl (C=O) groups excluding carboxylic acids is 1. The van der Waals surface area contributed by atoms with Crippen LogP contribution in [0.1, 0.15) is 36.7 Å². The number of fused-ring (bicyclic) bond motifs is 1. The molecule has 0 unspecified atom stereocenters. The lowest BCUT2D eigenvalue weighted by Crippen LogP contribution is -2.38. The first-order valence-electron chi connectivity index (χ1n) is 7.68. The van der Waals surface area contributed by atoms with Crippen molar-refractivity contribution in [1.29, 1.82) is 0 Å². The molecule has 1 heterocycles. The highest BCUT2D eigenvalue weighted by molar-refractivity contribution is 5.95. The first-order valence-corrected chi connectivity index (χ1v) is 7.68. The normalized spacial score (nSPS) is 16.7. The number of rotatable bonds is 5. The van der Waals surface area contributed by atoms with Crippen LogP contribution in [0.15, 0.2) is 54.7 Å². The minimum atomic E-state index is -0.986. The van der Waals surface area contributed by atoms with Crippen LogP contribution in [-0.2, 0) is 4.74 Å². The van der Waals surface area contributed by atoms with Crippen molar-refractivity contribution in [2.24, 2.45) is 0 Å². The zero-order valence-corrected chi connectivity index (χ0v) is 14.5. The Morgan fingerprint density at radius 1 is 1.25 bits per heavy atom. The van der Waals surface area contributed by atoms with Crippen molar-refractivity contribution in [1.82, 2.24) is 0 Å². The van der Waals surface area contributed by atoms with Gasteiger partial charge in [0.15, 0.2) is 0 Å². The summed E-state index contributed by atoms with van der Waals surface area (Å²) in [7, 11) is 1.58. The summed E-state index contributed by atoms with van der Waals surface area (Å²) in [5.74, 6) is -0.307. The van der Waals surface area contributed by atoms with Crippen molar-refractivity contribution in [3.63, 3.8) is 0 Å². The molecule has 0 amide bonds. The van der Waals surface area contributed by atoms with E-state index in [0.29, 0.717) is 17.1 Å². The standard InChI is InChI=1S/C20H22O4/c1-6-8-9-14(7-2)10-11-15-12-16-18(13-17(15)22-5)23-20(3,4)24-19(16)21/h6-13H,1H2,2-5H3/b9-8-,11-10?,14-7+. The average molecular weight is 326 g/mol. The van der Waals surface area contributed by atoms with Gasteiger partial charge in [-0.05, 0) is 18.6 Å². The van der Waals surface area contributed by atoms with Crippen molar-refractivity contribution in [3.05, 3.63) is 65.8 Å². The van der Waals surface area contributed by atoms with Crippen LogP contribution in [0.25, 0.3) is 6.08 Å². The molecule has 24 heavy (non-hydrogen) atoms. The second kappa shape index (κ2) is 7.21. The summed E-state index contributed by atoms with van der Waals surface area (Å²) in [5.41, 5.74) is 2.16. The minimum Gasteiger partial charge on any atom is -0.496 e. The zero-order valence-electron chi connectivity index (χ0n) is 14.5. The Morgan fingerprint density at radius 2 is 2.00 bits per heavy atom. The third kappa shape index (κ3) is 3.96. The van der Waals surface area contributed by atoms with E-state index < -0.39 is 11.8 Å². The number of cyclic esters (lactones) is 1. The Bertz CT molecular complexity index is 736. The van der Waals surface area contributed by atoms with Crippen LogP contribution in [0.2, 0.25) is 0 Å². The Hall–Kier alpha value is -2.75. The molecule has 0 aliphatic carbocycles. The lowest BCUT2D eigenvalue weighted by Gasteiger charge is -2.32. The molecule has 0 saturated heterocycles. The van der Waals surface area contributed by atoms with Gasteiger partial charge in [0.1, 0.15) is 17.1 Å². The number of esters is 1. The highest BCUT2D eigenvalue weighted by Gasteiger charge is 2.34. The van der Waals surface area contributed by atoms with Crippen LogP contribution in [-0.4, -0.2) is 18.9 Å². The molecule has 1 aromatic carbocycles. The molecule has 0 spiro atoms. The molecule has 1 aromatic rings. The molecular weight excluding hydrogens is 304 g/mol. The number of ether oxygens (including phenoxy) is 3. The highest BCUT2D eigenvalue weighted by Crippen LogP contribution is 2.36. The van der Waals surface area contributed by atoms with E-state index in [-0.39, 0.29) is 0 Å². The Balaban J connectivity index is 2.42. The maximum atomic E-state index is 12.2. The van der Waals surface area contributed by atoms with Gasteiger partial charge in [-0.25, -0.2) is 4.79 Å². The van der Waals surface area contributed by atoms with Crippen LogP contribution in [0.4, 0.5) is 0 Å². The van der Waals surface area contributed by atoms with Gasteiger partial charge in [-0.2, -0.15) is 0 Å². The predicted molar refractivity (Wildman–Crippen MR) is 95.2 cm³/mol. The van der Waals surface area contributed by atoms with E-state index in [4.69, 9.17) is 14.2 Å². The van der Waals surface area contributed by atoms with Crippen LogP contribution in [0.5, 0.6) is 11.5 Å². The first-order chi connectivity index (χ1) is 11.4. The molecule has 0 atom stereocenters. The van der Waals surface area contributed by atoms with Crippen molar-refractivity contribution >= 4 is 12.0 Å². The van der Waals surface area contributed by atoms with Gasteiger partial charge in [-0.1, -0.05) is 43.0 Å². The van der Waals surface area contributed by atoms with E-state index in [1.165, 1.54) is 0 Å². The minimum absolute atomic E-state index is 0.387. The molecule has 1 aliphatic rings. The summed E-state index contributed by atoms with van der Waals surface area (Å²) in [6.45, 7) is 8.99. The van der Waals surface area contributed by atoms with Crippen molar-refractivity contribution in [2.75, 3.05) is 7.11 Å². The molecule has 0 bridgehead atoms. The van der Waals surface area contributed by atoms with E-state index in [2.05, 4.69) is 6.58 Å². The molecular formula is C20H22O4. The van der Waals surface area contributed by atoms with Gasteiger partial charge in [0.2, 0.25) is 5.79 Å². The van der Waals surface area contributed by atoms with Gasteiger partial charge in [0, 0.05) is 25.5 Å². The largest absolute Gasteiger partial charge is 0.496 e. The number of hydrogen-bond donors (Lipinski definition) is 0. The van der Waals surface area contributed by atoms with Gasteiger partial charge in [-0.3, -0.25) is 0 Å². The molecule has 0 radical (unpaired) electrons. The maximum Gasteiger partial charge on any atom is 0.345 e. The fraction of sp³-hybridized carbons (Fsp3) is 0.250. The van der Waals surface area contributed by atoms with Crippen LogP contribution >= 0.6 is 0 Å². The predicted octanol–water partition coefficient (Wildman–Crippen LogP) is 4.68. The zero-order chi connectivity index (χ0) is 17.7. The van der Waals surface area contributed by atoms with Crippen molar-refractivity contribution in [2.45, 2.75) is 26.6 Å². The smallest absolute Gasteiger partial charge is 0.345 e. The van der Waals surface area contributed by atoms with E-state index in [1.54, 1.807) is 39.2 Å². The number of methoxy groups -OCH3 is 1. The maximum absolute atomic E-state index is 12.2. The molecule has 0 aromatic heterocycles. The van der Waals surface area contributed by atoms with Gasteiger partial charge in [0.05, 0.1) is 7.11 Å². The van der Waals surface area contributed by atoms with Gasteiger partial charge in [0.25, 0.3) is 0 Å². The average Bonchev–Trinajstić information content (AvgIpc) is 2.53. The quantitative estimate of drug-likeness (QED) is 0.582. The van der Waals surface area contributed by atoms with Crippen molar-refractivity contribution in [3.8, 4) is 11.5 Å². The van der Waals surface area contributed by atoms with Crippen molar-refractivity contribution < 1.29 is 19.0 Å². The Kier molecular flexibility index (Phi) is 5.29. The number of allylic oxidation sites excluding steroid dienone is 6. The van der Waals surface area contributed by atoms with Gasteiger partial charge in [-0.15, -0.1) is 0 Å². The first kappa shape index (κ1) is 17.6. The molecule has 0 N–H and O–H groups in total. The Morgan fingerprint density at radius 3 is 2.62 bits per heavy atom. The molecule has 2 rings (SSSR count). The lowest BCUT2D eigenvalue weighted by molar-refractivity contribution is -0.127. The third-order valence-corrected chi connectivity index (χ3v) is 3.46. The molecule has 126 valence electrons. The number of benzene rings is 1. The SMILES string of the molecule is C=C/C=C\C(C=Cc1cc2c(cc1OC)OC(C)(C)OC2=O)=C/C. The van der Waals surface area contributed by atoms with E-state index in [0.717, 1.165) is 11.1 Å². The van der Waals surface area contributed by atoms with Crippen LogP contribution in [0, 0.1) is 0 Å². The number of carbonyl (C=O) groups is 1. The van der Waals surface area contributed by atoms with Crippen LogP contribution in [0.3, 0.4) is 0 Å². The molecule has 1 aliphatic heterocycles. The molecule has 0 fully saturated rings. The van der Waals surface area contributed by atoms with Gasteiger partial charge < -0.3 is 14.2 Å². The molecule has 4 heteroatoms. The van der Waals surface area contributed by atoms with E-state index in [9.17, 15) is 4.79 Å². The second-order valence-electron chi connectivity index (χ2n) is 5.70. The fourth-order valence-corrected chi connectivity index (χ4v) is 2.31. The summed E-state index contributed by atoms with van der Waals surface area (Å²) >= 11 is 0. The number of hydrogen-bond acceptors (Lipinski definition) is 4. The second-order valence-corrected chi connectivity index (χ2v) is 5.70. The van der Waals surface area contributed by atoms with E-state index >= 15 is 0 Å². The summed E-state index contributed by atoms with van der Waals surface area (Å²) in [6, 6.07) is 3.43. The Labute approximate surface area is 142 Å². The fourth-order valence-electron chi connectivity index (χ4n) is 2.31. The summed E-state index contributed by atoms with van der Waals surface area (Å²) < 4.78 is 16.4. The van der Waals surface area contributed by atoms with Crippen LogP contribution < -0.4 is 9.47 Å². The summed E-state index contributed by atoms with van der Waals surface area (Å²) in [4.78, 5) is 12.2. The summed E-state index contributed by atoms with van der Waals surface area (Å²) in [5, 5.41) is 0. The third-order valence-electron chi connectivity index (χ3n) is 3.46. The summed E-state index contributed by atoms with van der Waals surface area (Å²) in [6.07, 6.45) is 11.3. The molecule has 0 saturated carbocycles. The van der Waals surface area contributed by atoms with E-state index in [1.807, 2.05) is 37.3 Å². The highest BCUT2D eigenvalue weighted by atomic mass is 16.7. The topological polar surface area (TPSA) is 44.8 Å². The van der Waals surface area contributed by atoms with Gasteiger partial charge >= 0.3 is 5.97 Å². The lowest BCUT2D eigenvalue weighted by atomic mass is 10.0. The molecule has 4 nitrogen and oxygen atoms in total.